The van der Waals surface area contributed by atoms with Crippen LogP contribution >= 0.6 is 0 Å². The van der Waals surface area contributed by atoms with Crippen LogP contribution in [0, 0.1) is 6.92 Å². The third kappa shape index (κ3) is 3.90. The van der Waals surface area contributed by atoms with E-state index in [9.17, 15) is 0 Å². The summed E-state index contributed by atoms with van der Waals surface area (Å²) >= 11 is 0. The lowest BCUT2D eigenvalue weighted by atomic mass is 10.2. The zero-order valence-corrected chi connectivity index (χ0v) is 10.5. The Balaban J connectivity index is 2.79. The van der Waals surface area contributed by atoms with E-state index in [1.807, 2.05) is 13.0 Å². The van der Waals surface area contributed by atoms with Crippen LogP contribution in [0.5, 0.6) is 0 Å². The second-order valence-corrected chi connectivity index (χ2v) is 4.22. The molecule has 0 aliphatic heterocycles. The van der Waals surface area contributed by atoms with E-state index in [0.29, 0.717) is 13.0 Å². The van der Waals surface area contributed by atoms with Gasteiger partial charge in [0.25, 0.3) is 0 Å². The van der Waals surface area contributed by atoms with Gasteiger partial charge in [-0.3, -0.25) is 0 Å². The number of anilines is 1. The van der Waals surface area contributed by atoms with Crippen molar-refractivity contribution in [2.24, 2.45) is 10.9 Å². The zero-order valence-electron chi connectivity index (χ0n) is 10.5. The minimum atomic E-state index is 0.219. The van der Waals surface area contributed by atoms with Crippen LogP contribution in [0.2, 0.25) is 0 Å². The predicted molar refractivity (Wildman–Crippen MR) is 67.3 cm³/mol. The van der Waals surface area contributed by atoms with Gasteiger partial charge in [-0.1, -0.05) is 5.16 Å². The van der Waals surface area contributed by atoms with Gasteiger partial charge in [0, 0.05) is 19.0 Å². The normalized spacial score (nSPS) is 11.9. The SMILES string of the molecule is Cc1cnnc(N(CC/C(N)=N/O)C(C)C)c1. The summed E-state index contributed by atoms with van der Waals surface area (Å²) in [6, 6.07) is 2.25. The second-order valence-electron chi connectivity index (χ2n) is 4.22. The summed E-state index contributed by atoms with van der Waals surface area (Å²) < 4.78 is 0. The number of amidine groups is 1. The van der Waals surface area contributed by atoms with E-state index in [4.69, 9.17) is 10.9 Å². The first-order chi connectivity index (χ1) is 8.04. The highest BCUT2D eigenvalue weighted by Crippen LogP contribution is 2.14. The summed E-state index contributed by atoms with van der Waals surface area (Å²) in [4.78, 5) is 2.07. The Morgan fingerprint density at radius 2 is 2.29 bits per heavy atom. The average molecular weight is 237 g/mol. The van der Waals surface area contributed by atoms with E-state index >= 15 is 0 Å². The third-order valence-electron chi connectivity index (χ3n) is 2.43. The Morgan fingerprint density at radius 1 is 1.59 bits per heavy atom. The molecule has 1 aromatic heterocycles. The lowest BCUT2D eigenvalue weighted by molar-refractivity contribution is 0.317. The summed E-state index contributed by atoms with van der Waals surface area (Å²) in [6.45, 7) is 6.75. The molecule has 17 heavy (non-hydrogen) atoms. The van der Waals surface area contributed by atoms with Gasteiger partial charge in [-0.05, 0) is 32.4 Å². The van der Waals surface area contributed by atoms with E-state index in [1.165, 1.54) is 0 Å². The summed E-state index contributed by atoms with van der Waals surface area (Å²) in [5.41, 5.74) is 6.53. The maximum absolute atomic E-state index is 8.52. The molecule has 0 fully saturated rings. The van der Waals surface area contributed by atoms with E-state index in [-0.39, 0.29) is 11.9 Å². The minimum Gasteiger partial charge on any atom is -0.409 e. The molecule has 6 heteroatoms. The van der Waals surface area contributed by atoms with Gasteiger partial charge in [-0.15, -0.1) is 5.10 Å². The molecule has 3 N–H and O–H groups in total. The van der Waals surface area contributed by atoms with Crippen molar-refractivity contribution in [1.29, 1.82) is 0 Å². The van der Waals surface area contributed by atoms with Crippen molar-refractivity contribution in [3.8, 4) is 0 Å². The van der Waals surface area contributed by atoms with Crippen LogP contribution in [0.25, 0.3) is 0 Å². The fourth-order valence-electron chi connectivity index (χ4n) is 1.51. The summed E-state index contributed by atoms with van der Waals surface area (Å²) in [7, 11) is 0. The molecule has 0 spiro atoms. The number of aromatic nitrogens is 2. The fourth-order valence-corrected chi connectivity index (χ4v) is 1.51. The first kappa shape index (κ1) is 13.2. The average Bonchev–Trinajstić information content (AvgIpc) is 2.28. The van der Waals surface area contributed by atoms with Gasteiger partial charge in [-0.2, -0.15) is 5.10 Å². The van der Waals surface area contributed by atoms with Crippen LogP contribution in [0.1, 0.15) is 25.8 Å². The highest BCUT2D eigenvalue weighted by molar-refractivity contribution is 5.80. The number of rotatable bonds is 5. The summed E-state index contributed by atoms with van der Waals surface area (Å²) in [6.07, 6.45) is 2.20. The molecular formula is C11H19N5O. The molecule has 0 saturated carbocycles. The van der Waals surface area contributed by atoms with E-state index < -0.39 is 0 Å². The maximum Gasteiger partial charge on any atom is 0.151 e. The second kappa shape index (κ2) is 6.03. The molecule has 0 aliphatic carbocycles. The Labute approximate surface area is 101 Å². The Hall–Kier alpha value is -1.85. The fraction of sp³-hybridized carbons (Fsp3) is 0.545. The summed E-state index contributed by atoms with van der Waals surface area (Å²) in [5, 5.41) is 19.5. The van der Waals surface area contributed by atoms with E-state index in [1.54, 1.807) is 6.20 Å². The van der Waals surface area contributed by atoms with E-state index in [0.717, 1.165) is 11.4 Å². The molecule has 6 nitrogen and oxygen atoms in total. The molecule has 94 valence electrons. The number of hydrogen-bond donors (Lipinski definition) is 2. The monoisotopic (exact) mass is 237 g/mol. The highest BCUT2D eigenvalue weighted by atomic mass is 16.4. The Kier molecular flexibility index (Phi) is 4.68. The largest absolute Gasteiger partial charge is 0.409 e. The lowest BCUT2D eigenvalue weighted by Gasteiger charge is -2.27. The highest BCUT2D eigenvalue weighted by Gasteiger charge is 2.13. The molecule has 0 bridgehead atoms. The number of aryl methyl sites for hydroxylation is 1. The van der Waals surface area contributed by atoms with Gasteiger partial charge in [0.15, 0.2) is 5.82 Å². The van der Waals surface area contributed by atoms with Gasteiger partial charge >= 0.3 is 0 Å². The molecule has 1 heterocycles. The van der Waals surface area contributed by atoms with Gasteiger partial charge in [0.1, 0.15) is 5.84 Å². The number of nitrogens with zero attached hydrogens (tertiary/aromatic N) is 4. The van der Waals surface area contributed by atoms with Crippen LogP contribution in [0.3, 0.4) is 0 Å². The predicted octanol–water partition coefficient (Wildman–Crippen LogP) is 1.14. The van der Waals surface area contributed by atoms with Gasteiger partial charge < -0.3 is 15.8 Å². The molecule has 1 aromatic rings. The maximum atomic E-state index is 8.52. The number of nitrogens with two attached hydrogens (primary N) is 1. The number of oxime groups is 1. The molecule has 0 saturated heterocycles. The zero-order chi connectivity index (χ0) is 12.8. The first-order valence-corrected chi connectivity index (χ1v) is 5.57. The molecule has 0 aromatic carbocycles. The topological polar surface area (TPSA) is 87.6 Å². The van der Waals surface area contributed by atoms with Crippen molar-refractivity contribution >= 4 is 11.7 Å². The van der Waals surface area contributed by atoms with Crippen LogP contribution in [-0.4, -0.2) is 33.8 Å². The van der Waals surface area contributed by atoms with Crippen LogP contribution in [0.15, 0.2) is 17.4 Å². The molecule has 1 rings (SSSR count). The van der Waals surface area contributed by atoms with Crippen molar-refractivity contribution < 1.29 is 5.21 Å². The Morgan fingerprint density at radius 3 is 2.82 bits per heavy atom. The van der Waals surface area contributed by atoms with Crippen LogP contribution < -0.4 is 10.6 Å². The molecule has 0 radical (unpaired) electrons. The first-order valence-electron chi connectivity index (χ1n) is 5.57. The molecule has 0 unspecified atom stereocenters. The molecule has 0 atom stereocenters. The van der Waals surface area contributed by atoms with Crippen molar-refractivity contribution in [3.05, 3.63) is 17.8 Å². The molecule has 0 amide bonds. The van der Waals surface area contributed by atoms with Gasteiger partial charge in [0.05, 0.1) is 6.20 Å². The lowest BCUT2D eigenvalue weighted by Crippen LogP contribution is -2.34. The minimum absolute atomic E-state index is 0.219. The quantitative estimate of drug-likeness (QED) is 0.347. The standard InChI is InChI=1S/C11H19N5O/c1-8(2)16(5-4-10(12)15-17)11-6-9(3)7-13-14-11/h6-8,17H,4-5H2,1-3H3,(H2,12,15). The smallest absolute Gasteiger partial charge is 0.151 e. The number of hydrogen-bond acceptors (Lipinski definition) is 5. The van der Waals surface area contributed by atoms with Crippen molar-refractivity contribution in [2.75, 3.05) is 11.4 Å². The van der Waals surface area contributed by atoms with Crippen LogP contribution in [0.4, 0.5) is 5.82 Å². The van der Waals surface area contributed by atoms with E-state index in [2.05, 4.69) is 34.1 Å². The van der Waals surface area contributed by atoms with Crippen molar-refractivity contribution in [2.45, 2.75) is 33.2 Å². The van der Waals surface area contributed by atoms with Gasteiger partial charge in [-0.25, -0.2) is 0 Å². The third-order valence-corrected chi connectivity index (χ3v) is 2.43. The van der Waals surface area contributed by atoms with Crippen molar-refractivity contribution in [3.63, 3.8) is 0 Å². The molecule has 0 aliphatic rings. The van der Waals surface area contributed by atoms with Gasteiger partial charge in [0.2, 0.25) is 0 Å². The van der Waals surface area contributed by atoms with Crippen LogP contribution in [-0.2, 0) is 0 Å². The summed E-state index contributed by atoms with van der Waals surface area (Å²) in [5.74, 6) is 1.03. The molecular weight excluding hydrogens is 218 g/mol. The van der Waals surface area contributed by atoms with Crippen molar-refractivity contribution in [1.82, 2.24) is 10.2 Å². The Bertz CT molecular complexity index is 391.